The molecule has 0 amide bonds. The monoisotopic (exact) mass is 254 g/mol. The molecular formula is C6H4BrClO2S. The van der Waals surface area contributed by atoms with Crippen molar-refractivity contribution >= 4 is 38.6 Å². The predicted molar refractivity (Wildman–Crippen MR) is 48.2 cm³/mol. The van der Waals surface area contributed by atoms with Crippen molar-refractivity contribution in [3.63, 3.8) is 0 Å². The van der Waals surface area contributed by atoms with Gasteiger partial charge in [0.25, 0.3) is 0 Å². The molecule has 60 valence electrons. The Bertz CT molecular complexity index is 303. The topological polar surface area (TPSA) is 37.3 Å². The minimum absolute atomic E-state index is 0.289. The maximum absolute atomic E-state index is 10.6. The van der Waals surface area contributed by atoms with Crippen LogP contribution in [0.15, 0.2) is 27.6 Å². The van der Waals surface area contributed by atoms with Crippen LogP contribution in [0.25, 0.3) is 0 Å². The van der Waals surface area contributed by atoms with E-state index in [0.717, 1.165) is 0 Å². The van der Waals surface area contributed by atoms with Crippen LogP contribution in [0.3, 0.4) is 0 Å². The Balaban J connectivity index is 3.27. The number of rotatable bonds is 1. The summed E-state index contributed by atoms with van der Waals surface area (Å²) in [6.07, 6.45) is 0. The highest BCUT2D eigenvalue weighted by Gasteiger charge is 2.07. The van der Waals surface area contributed by atoms with Gasteiger partial charge in [-0.2, -0.15) is 0 Å². The van der Waals surface area contributed by atoms with Crippen LogP contribution in [-0.2, 0) is 11.1 Å². The Labute approximate surface area is 80.0 Å². The lowest BCUT2D eigenvalue weighted by molar-refractivity contribution is 0.564. The van der Waals surface area contributed by atoms with E-state index in [1.165, 1.54) is 6.07 Å². The lowest BCUT2D eigenvalue weighted by atomic mass is 10.4. The van der Waals surface area contributed by atoms with Crippen LogP contribution >= 0.6 is 27.5 Å². The number of hydrogen-bond acceptors (Lipinski definition) is 1. The summed E-state index contributed by atoms with van der Waals surface area (Å²) >= 11 is 6.78. The summed E-state index contributed by atoms with van der Waals surface area (Å²) in [5, 5.41) is 0.435. The van der Waals surface area contributed by atoms with Gasteiger partial charge in [0, 0.05) is 0 Å². The van der Waals surface area contributed by atoms with E-state index in [1.54, 1.807) is 12.1 Å². The van der Waals surface area contributed by atoms with Gasteiger partial charge in [0.1, 0.15) is 0 Å². The van der Waals surface area contributed by atoms with Crippen molar-refractivity contribution in [2.24, 2.45) is 0 Å². The summed E-state index contributed by atoms with van der Waals surface area (Å²) in [4.78, 5) is 0.289. The van der Waals surface area contributed by atoms with Crippen LogP contribution in [-0.4, -0.2) is 8.76 Å². The van der Waals surface area contributed by atoms with Gasteiger partial charge in [-0.3, -0.25) is 0 Å². The predicted octanol–water partition coefficient (Wildman–Crippen LogP) is 2.68. The smallest absolute Gasteiger partial charge is 0.187 e. The minimum atomic E-state index is -1.98. The number of halogens is 2. The van der Waals surface area contributed by atoms with E-state index in [4.69, 9.17) is 16.2 Å². The molecule has 2 nitrogen and oxygen atoms in total. The second-order valence-corrected chi connectivity index (χ2v) is 3.94. The third kappa shape index (κ3) is 2.02. The van der Waals surface area contributed by atoms with Crippen molar-refractivity contribution in [3.05, 3.63) is 27.7 Å². The normalized spacial score (nSPS) is 13.0. The summed E-state index contributed by atoms with van der Waals surface area (Å²) in [7, 11) is 0. The van der Waals surface area contributed by atoms with Crippen molar-refractivity contribution in [1.29, 1.82) is 0 Å². The molecule has 1 atom stereocenters. The summed E-state index contributed by atoms with van der Waals surface area (Å²) in [6, 6.07) is 4.80. The first-order valence-electron chi connectivity index (χ1n) is 2.68. The van der Waals surface area contributed by atoms with Gasteiger partial charge in [-0.25, -0.2) is 4.21 Å². The molecule has 0 aromatic heterocycles. The fraction of sp³-hybridized carbons (Fsp3) is 0. The molecule has 0 fully saturated rings. The molecule has 0 radical (unpaired) electrons. The third-order valence-electron chi connectivity index (χ3n) is 1.10. The molecule has 0 saturated heterocycles. The van der Waals surface area contributed by atoms with Crippen LogP contribution in [0.5, 0.6) is 0 Å². The molecular weight excluding hydrogens is 251 g/mol. The van der Waals surface area contributed by atoms with E-state index in [1.807, 2.05) is 0 Å². The number of hydrogen-bond donors (Lipinski definition) is 1. The first-order chi connectivity index (χ1) is 5.13. The summed E-state index contributed by atoms with van der Waals surface area (Å²) in [5.74, 6) is 0. The highest BCUT2D eigenvalue weighted by Crippen LogP contribution is 2.27. The summed E-state index contributed by atoms with van der Waals surface area (Å²) in [5.41, 5.74) is 0. The molecule has 1 unspecified atom stereocenters. The lowest BCUT2D eigenvalue weighted by Crippen LogP contribution is -1.89. The van der Waals surface area contributed by atoms with Gasteiger partial charge in [-0.05, 0) is 28.1 Å². The first kappa shape index (κ1) is 9.19. The maximum Gasteiger partial charge on any atom is 0.187 e. The fourth-order valence-corrected chi connectivity index (χ4v) is 1.99. The Kier molecular flexibility index (Phi) is 3.06. The van der Waals surface area contributed by atoms with E-state index in [2.05, 4.69) is 15.9 Å². The van der Waals surface area contributed by atoms with Crippen LogP contribution in [0, 0.1) is 0 Å². The van der Waals surface area contributed by atoms with Gasteiger partial charge in [0.05, 0.1) is 14.4 Å². The highest BCUT2D eigenvalue weighted by molar-refractivity contribution is 9.10. The Morgan fingerprint density at radius 1 is 1.55 bits per heavy atom. The van der Waals surface area contributed by atoms with Gasteiger partial charge in [0.2, 0.25) is 0 Å². The molecule has 1 rings (SSSR count). The molecule has 0 bridgehead atoms. The fourth-order valence-electron chi connectivity index (χ4n) is 0.619. The van der Waals surface area contributed by atoms with Crippen LogP contribution < -0.4 is 0 Å². The van der Waals surface area contributed by atoms with Gasteiger partial charge >= 0.3 is 0 Å². The molecule has 0 heterocycles. The second kappa shape index (κ2) is 3.67. The Hall–Kier alpha value is 0.1000. The molecule has 0 aliphatic heterocycles. The zero-order chi connectivity index (χ0) is 8.43. The molecule has 0 aliphatic carbocycles. The van der Waals surface area contributed by atoms with E-state index in [-0.39, 0.29) is 4.90 Å². The van der Waals surface area contributed by atoms with Crippen LogP contribution in [0.2, 0.25) is 5.02 Å². The average molecular weight is 256 g/mol. The van der Waals surface area contributed by atoms with Crippen molar-refractivity contribution in [1.82, 2.24) is 0 Å². The van der Waals surface area contributed by atoms with Crippen molar-refractivity contribution in [2.75, 3.05) is 0 Å². The van der Waals surface area contributed by atoms with Crippen LogP contribution in [0.1, 0.15) is 0 Å². The SMILES string of the molecule is O=S(O)c1cccc(Cl)c1Br. The molecule has 11 heavy (non-hydrogen) atoms. The summed E-state index contributed by atoms with van der Waals surface area (Å²) < 4.78 is 19.8. The molecule has 0 saturated carbocycles. The molecule has 1 aromatic carbocycles. The standard InChI is InChI=1S/C6H4BrClO2S/c7-6-4(8)2-1-3-5(6)11(9)10/h1-3H,(H,9,10). The Morgan fingerprint density at radius 3 is 2.64 bits per heavy atom. The molecule has 0 spiro atoms. The van der Waals surface area contributed by atoms with E-state index in [0.29, 0.717) is 9.50 Å². The minimum Gasteiger partial charge on any atom is -0.302 e. The van der Waals surface area contributed by atoms with E-state index < -0.39 is 11.1 Å². The van der Waals surface area contributed by atoms with Crippen molar-refractivity contribution in [2.45, 2.75) is 4.90 Å². The van der Waals surface area contributed by atoms with E-state index in [9.17, 15) is 4.21 Å². The molecule has 1 N–H and O–H groups in total. The maximum atomic E-state index is 10.6. The van der Waals surface area contributed by atoms with Gasteiger partial charge in [-0.1, -0.05) is 17.7 Å². The zero-order valence-corrected chi connectivity index (χ0v) is 8.41. The van der Waals surface area contributed by atoms with Gasteiger partial charge in [-0.15, -0.1) is 0 Å². The zero-order valence-electron chi connectivity index (χ0n) is 5.25. The van der Waals surface area contributed by atoms with Gasteiger partial charge < -0.3 is 4.55 Å². The Morgan fingerprint density at radius 2 is 2.18 bits per heavy atom. The molecule has 0 aliphatic rings. The molecule has 5 heteroatoms. The third-order valence-corrected chi connectivity index (χ3v) is 3.48. The molecule has 1 aromatic rings. The first-order valence-corrected chi connectivity index (χ1v) is 4.95. The number of benzene rings is 1. The van der Waals surface area contributed by atoms with Crippen molar-refractivity contribution in [3.8, 4) is 0 Å². The van der Waals surface area contributed by atoms with Crippen LogP contribution in [0.4, 0.5) is 0 Å². The van der Waals surface area contributed by atoms with Crippen molar-refractivity contribution < 1.29 is 8.76 Å². The quantitative estimate of drug-likeness (QED) is 0.784. The highest BCUT2D eigenvalue weighted by atomic mass is 79.9. The average Bonchev–Trinajstić information content (AvgIpc) is 1.94. The van der Waals surface area contributed by atoms with Gasteiger partial charge in [0.15, 0.2) is 11.1 Å². The summed E-state index contributed by atoms with van der Waals surface area (Å²) in [6.45, 7) is 0. The largest absolute Gasteiger partial charge is 0.302 e. The second-order valence-electron chi connectivity index (χ2n) is 1.80. The van der Waals surface area contributed by atoms with E-state index >= 15 is 0 Å². The lowest BCUT2D eigenvalue weighted by Gasteiger charge is -1.99.